The molecule has 0 aliphatic carbocycles. The molecule has 3 rings (SSSR count). The summed E-state index contributed by atoms with van der Waals surface area (Å²) in [6.45, 7) is 4.17. The van der Waals surface area contributed by atoms with Crippen LogP contribution in [0, 0.1) is 5.41 Å². The Kier molecular flexibility index (Phi) is 2.67. The van der Waals surface area contributed by atoms with Crippen molar-refractivity contribution in [2.24, 2.45) is 5.41 Å². The number of amides is 1. The van der Waals surface area contributed by atoms with E-state index >= 15 is 0 Å². The van der Waals surface area contributed by atoms with E-state index in [0.717, 1.165) is 16.5 Å². The van der Waals surface area contributed by atoms with Crippen LogP contribution in [0.25, 0.3) is 10.8 Å². The molecule has 19 heavy (non-hydrogen) atoms. The van der Waals surface area contributed by atoms with Gasteiger partial charge in [-0.2, -0.15) is 0 Å². The Balaban J connectivity index is 2.13. The van der Waals surface area contributed by atoms with Gasteiger partial charge in [0.2, 0.25) is 5.91 Å². The van der Waals surface area contributed by atoms with Gasteiger partial charge in [0, 0.05) is 18.0 Å². The molecule has 1 heterocycles. The van der Waals surface area contributed by atoms with E-state index in [-0.39, 0.29) is 11.3 Å². The lowest BCUT2D eigenvalue weighted by Gasteiger charge is -2.31. The van der Waals surface area contributed by atoms with E-state index in [1.807, 2.05) is 30.5 Å². The van der Waals surface area contributed by atoms with E-state index in [2.05, 4.69) is 38.1 Å². The molecule has 1 amide bonds. The summed E-state index contributed by atoms with van der Waals surface area (Å²) in [6, 6.07) is 14.2. The number of hydrogen-bond donors (Lipinski definition) is 0. The molecule has 0 saturated carbocycles. The summed E-state index contributed by atoms with van der Waals surface area (Å²) in [6.07, 6.45) is 4.57. The topological polar surface area (TPSA) is 20.3 Å². The molecule has 0 radical (unpaired) electrons. The van der Waals surface area contributed by atoms with Crippen molar-refractivity contribution < 1.29 is 4.79 Å². The summed E-state index contributed by atoms with van der Waals surface area (Å²) >= 11 is 0. The highest BCUT2D eigenvalue weighted by atomic mass is 16.2. The largest absolute Gasteiger partial charge is 0.288 e. The van der Waals surface area contributed by atoms with E-state index in [0.29, 0.717) is 6.42 Å². The van der Waals surface area contributed by atoms with Crippen LogP contribution >= 0.6 is 0 Å². The molecule has 96 valence electrons. The summed E-state index contributed by atoms with van der Waals surface area (Å²) in [5.74, 6) is 0.156. The second kappa shape index (κ2) is 4.23. The molecule has 0 saturated heterocycles. The van der Waals surface area contributed by atoms with E-state index < -0.39 is 0 Å². The standard InChI is InChI=1S/C17H17NO/c1-17(2)10-11-18(16(19)12-17)15-9-5-7-13-6-3-4-8-14(13)15/h3-11H,12H2,1-2H3. The van der Waals surface area contributed by atoms with Crippen LogP contribution in [0.15, 0.2) is 54.7 Å². The predicted molar refractivity (Wildman–Crippen MR) is 79.0 cm³/mol. The lowest BCUT2D eigenvalue weighted by Crippen LogP contribution is -2.33. The molecule has 2 nitrogen and oxygen atoms in total. The highest BCUT2D eigenvalue weighted by Gasteiger charge is 2.28. The second-order valence-electron chi connectivity index (χ2n) is 5.74. The lowest BCUT2D eigenvalue weighted by atomic mass is 9.86. The SMILES string of the molecule is CC1(C)C=CN(c2cccc3ccccc23)C(=O)C1. The van der Waals surface area contributed by atoms with Crippen LogP contribution in [0.3, 0.4) is 0 Å². The Hall–Kier alpha value is -2.09. The van der Waals surface area contributed by atoms with Crippen LogP contribution in [0.5, 0.6) is 0 Å². The van der Waals surface area contributed by atoms with Gasteiger partial charge in [0.05, 0.1) is 5.69 Å². The molecular formula is C17H17NO. The van der Waals surface area contributed by atoms with E-state index in [1.165, 1.54) is 0 Å². The monoisotopic (exact) mass is 251 g/mol. The van der Waals surface area contributed by atoms with Gasteiger partial charge in [0.1, 0.15) is 0 Å². The fourth-order valence-electron chi connectivity index (χ4n) is 2.53. The molecule has 0 atom stereocenters. The molecule has 1 aliphatic heterocycles. The third-order valence-electron chi connectivity index (χ3n) is 3.58. The Morgan fingerprint density at radius 3 is 2.58 bits per heavy atom. The zero-order valence-electron chi connectivity index (χ0n) is 11.3. The summed E-state index contributed by atoms with van der Waals surface area (Å²) in [5, 5.41) is 2.27. The smallest absolute Gasteiger partial charge is 0.231 e. The van der Waals surface area contributed by atoms with Gasteiger partial charge in [0.15, 0.2) is 0 Å². The fraction of sp³-hybridized carbons (Fsp3) is 0.235. The van der Waals surface area contributed by atoms with Gasteiger partial charge >= 0.3 is 0 Å². The molecule has 0 unspecified atom stereocenters. The van der Waals surface area contributed by atoms with E-state index in [1.54, 1.807) is 4.90 Å². The normalized spacial score (nSPS) is 18.0. The minimum absolute atomic E-state index is 0.0435. The number of nitrogens with zero attached hydrogens (tertiary/aromatic N) is 1. The predicted octanol–water partition coefficient (Wildman–Crippen LogP) is 4.12. The summed E-state index contributed by atoms with van der Waals surface area (Å²) in [5.41, 5.74) is 0.924. The van der Waals surface area contributed by atoms with Crippen molar-refractivity contribution in [3.63, 3.8) is 0 Å². The highest BCUT2D eigenvalue weighted by Crippen LogP contribution is 2.33. The van der Waals surface area contributed by atoms with Crippen LogP contribution in [-0.2, 0) is 4.79 Å². The van der Waals surface area contributed by atoms with Crippen LogP contribution in [0.1, 0.15) is 20.3 Å². The van der Waals surface area contributed by atoms with Crippen LogP contribution < -0.4 is 4.90 Å². The second-order valence-corrected chi connectivity index (χ2v) is 5.74. The molecular weight excluding hydrogens is 234 g/mol. The first-order chi connectivity index (χ1) is 9.07. The number of fused-ring (bicyclic) bond motifs is 1. The molecule has 2 aromatic rings. The van der Waals surface area contributed by atoms with Crippen molar-refractivity contribution in [1.29, 1.82) is 0 Å². The van der Waals surface area contributed by atoms with Gasteiger partial charge in [0.25, 0.3) is 0 Å². The summed E-state index contributed by atoms with van der Waals surface area (Å²) < 4.78 is 0. The third kappa shape index (κ3) is 2.14. The van der Waals surface area contributed by atoms with Crippen LogP contribution in [-0.4, -0.2) is 5.91 Å². The fourth-order valence-corrected chi connectivity index (χ4v) is 2.53. The van der Waals surface area contributed by atoms with Gasteiger partial charge in [-0.25, -0.2) is 0 Å². The molecule has 1 aliphatic rings. The van der Waals surface area contributed by atoms with Crippen LogP contribution in [0.4, 0.5) is 5.69 Å². The highest BCUT2D eigenvalue weighted by molar-refractivity contribution is 6.05. The number of benzene rings is 2. The average molecular weight is 251 g/mol. The molecule has 0 fully saturated rings. The Labute approximate surface area is 113 Å². The molecule has 2 aromatic carbocycles. The van der Waals surface area contributed by atoms with Gasteiger partial charge in [-0.3, -0.25) is 9.69 Å². The Bertz CT molecular complexity index is 665. The molecule has 0 N–H and O–H groups in total. The number of rotatable bonds is 1. The van der Waals surface area contributed by atoms with Crippen molar-refractivity contribution in [3.05, 3.63) is 54.7 Å². The Morgan fingerprint density at radius 2 is 1.79 bits per heavy atom. The Morgan fingerprint density at radius 1 is 1.05 bits per heavy atom. The first-order valence-electron chi connectivity index (χ1n) is 6.56. The minimum atomic E-state index is -0.0435. The number of hydrogen-bond acceptors (Lipinski definition) is 1. The maximum atomic E-state index is 12.3. The van der Waals surface area contributed by atoms with E-state index in [9.17, 15) is 4.79 Å². The van der Waals surface area contributed by atoms with E-state index in [4.69, 9.17) is 0 Å². The maximum absolute atomic E-state index is 12.3. The third-order valence-corrected chi connectivity index (χ3v) is 3.58. The van der Waals surface area contributed by atoms with Crippen LogP contribution in [0.2, 0.25) is 0 Å². The summed E-state index contributed by atoms with van der Waals surface area (Å²) in [4.78, 5) is 14.1. The van der Waals surface area contributed by atoms with Crippen molar-refractivity contribution in [2.75, 3.05) is 4.90 Å². The molecule has 0 bridgehead atoms. The lowest BCUT2D eigenvalue weighted by molar-refractivity contribution is -0.119. The van der Waals surface area contributed by atoms with Crippen molar-refractivity contribution in [2.45, 2.75) is 20.3 Å². The van der Waals surface area contributed by atoms with Gasteiger partial charge in [-0.1, -0.05) is 56.3 Å². The first kappa shape index (κ1) is 12.0. The number of allylic oxidation sites excluding steroid dienone is 1. The zero-order valence-corrected chi connectivity index (χ0v) is 11.3. The molecule has 0 aromatic heterocycles. The summed E-state index contributed by atoms with van der Waals surface area (Å²) in [7, 11) is 0. The zero-order chi connectivity index (χ0) is 13.5. The minimum Gasteiger partial charge on any atom is -0.288 e. The average Bonchev–Trinajstić information content (AvgIpc) is 2.37. The molecule has 2 heteroatoms. The van der Waals surface area contributed by atoms with Crippen molar-refractivity contribution in [3.8, 4) is 0 Å². The number of carbonyl (C=O) groups excluding carboxylic acids is 1. The maximum Gasteiger partial charge on any atom is 0.231 e. The van der Waals surface area contributed by atoms with Crippen molar-refractivity contribution in [1.82, 2.24) is 0 Å². The van der Waals surface area contributed by atoms with Gasteiger partial charge in [-0.15, -0.1) is 0 Å². The molecule has 0 spiro atoms. The number of carbonyl (C=O) groups is 1. The van der Waals surface area contributed by atoms with Gasteiger partial charge in [-0.05, 0) is 16.9 Å². The van der Waals surface area contributed by atoms with Crippen molar-refractivity contribution >= 4 is 22.4 Å². The first-order valence-corrected chi connectivity index (χ1v) is 6.56. The quantitative estimate of drug-likeness (QED) is 0.746. The van der Waals surface area contributed by atoms with Gasteiger partial charge < -0.3 is 0 Å². The number of anilines is 1.